The van der Waals surface area contributed by atoms with Gasteiger partial charge in [0.1, 0.15) is 0 Å². The van der Waals surface area contributed by atoms with Crippen LogP contribution in [0.25, 0.3) is 0 Å². The fourth-order valence-corrected chi connectivity index (χ4v) is 1.18. The second kappa shape index (κ2) is 7.81. The van der Waals surface area contributed by atoms with Crippen LogP contribution >= 0.6 is 0 Å². The molecule has 0 aliphatic rings. The van der Waals surface area contributed by atoms with Crippen molar-refractivity contribution in [2.75, 3.05) is 20.3 Å². The van der Waals surface area contributed by atoms with Gasteiger partial charge in [0.25, 0.3) is 0 Å². The van der Waals surface area contributed by atoms with Gasteiger partial charge in [-0.2, -0.15) is 0 Å². The molecule has 1 unspecified atom stereocenters. The van der Waals surface area contributed by atoms with Gasteiger partial charge in [0.2, 0.25) is 0 Å². The highest BCUT2D eigenvalue weighted by Gasteiger charge is 2.30. The van der Waals surface area contributed by atoms with Crippen molar-refractivity contribution in [3.05, 3.63) is 12.2 Å². The number of amidine groups is 1. The van der Waals surface area contributed by atoms with Crippen LogP contribution in [0.2, 0.25) is 0 Å². The molecule has 6 heteroatoms. The summed E-state index contributed by atoms with van der Waals surface area (Å²) in [6, 6.07) is 0. The summed E-state index contributed by atoms with van der Waals surface area (Å²) in [5, 5.41) is 8.94. The Kier molecular flexibility index (Phi) is 7.16. The third-order valence-electron chi connectivity index (χ3n) is 2.09. The number of nitrogens with zero attached hydrogens (tertiary/aromatic N) is 1. The minimum atomic E-state index is -1.46. The van der Waals surface area contributed by atoms with Gasteiger partial charge in [0, 0.05) is 13.7 Å². The van der Waals surface area contributed by atoms with Crippen LogP contribution in [0, 0.1) is 0 Å². The van der Waals surface area contributed by atoms with E-state index in [1.165, 1.54) is 13.2 Å². The van der Waals surface area contributed by atoms with Crippen molar-refractivity contribution in [2.45, 2.75) is 25.3 Å². The monoisotopic (exact) mass is 243 g/mol. The lowest BCUT2D eigenvalue weighted by molar-refractivity contribution is -0.143. The molecule has 5 N–H and O–H groups in total. The number of allylic oxidation sites excluding steroid dienone is 1. The van der Waals surface area contributed by atoms with E-state index in [2.05, 4.69) is 4.99 Å². The summed E-state index contributed by atoms with van der Waals surface area (Å²) in [6.45, 7) is 2.30. The molecule has 0 spiro atoms. The first-order valence-corrected chi connectivity index (χ1v) is 5.38. The van der Waals surface area contributed by atoms with Gasteiger partial charge < -0.3 is 21.3 Å². The van der Waals surface area contributed by atoms with Crippen molar-refractivity contribution < 1.29 is 14.6 Å². The van der Waals surface area contributed by atoms with Crippen LogP contribution in [-0.2, 0) is 9.53 Å². The van der Waals surface area contributed by atoms with Crippen molar-refractivity contribution in [3.8, 4) is 0 Å². The number of unbranched alkanes of at least 4 members (excludes halogenated alkanes) is 1. The van der Waals surface area contributed by atoms with Crippen LogP contribution in [0.3, 0.4) is 0 Å². The smallest absolute Gasteiger partial charge is 0.330 e. The summed E-state index contributed by atoms with van der Waals surface area (Å²) in [5.41, 5.74) is 9.57. The Bertz CT molecular complexity index is 298. The van der Waals surface area contributed by atoms with E-state index in [-0.39, 0.29) is 6.61 Å². The number of hydrogen-bond donors (Lipinski definition) is 3. The highest BCUT2D eigenvalue weighted by atomic mass is 16.5. The van der Waals surface area contributed by atoms with E-state index in [0.717, 1.165) is 6.42 Å². The minimum absolute atomic E-state index is 0.0567. The first kappa shape index (κ1) is 15.6. The van der Waals surface area contributed by atoms with Gasteiger partial charge in [-0.05, 0) is 19.8 Å². The van der Waals surface area contributed by atoms with Crippen LogP contribution in [0.1, 0.15) is 19.8 Å². The molecule has 0 aliphatic carbocycles. The molecular weight excluding hydrogens is 222 g/mol. The van der Waals surface area contributed by atoms with Gasteiger partial charge in [0.15, 0.2) is 5.54 Å². The van der Waals surface area contributed by atoms with E-state index in [1.807, 2.05) is 0 Å². The average molecular weight is 243 g/mol. The molecule has 6 nitrogen and oxygen atoms in total. The highest BCUT2D eigenvalue weighted by molar-refractivity contribution is 5.81. The number of rotatable bonds is 8. The van der Waals surface area contributed by atoms with Crippen LogP contribution < -0.4 is 11.5 Å². The third-order valence-corrected chi connectivity index (χ3v) is 2.09. The molecule has 0 aliphatic heterocycles. The van der Waals surface area contributed by atoms with Crippen LogP contribution in [-0.4, -0.2) is 42.7 Å². The zero-order valence-electron chi connectivity index (χ0n) is 10.3. The molecule has 0 heterocycles. The lowest BCUT2D eigenvalue weighted by Gasteiger charge is -2.19. The maximum atomic E-state index is 10.9. The summed E-state index contributed by atoms with van der Waals surface area (Å²) in [7, 11) is 1.41. The predicted molar refractivity (Wildman–Crippen MR) is 67.0 cm³/mol. The second-order valence-electron chi connectivity index (χ2n) is 3.85. The van der Waals surface area contributed by atoms with Gasteiger partial charge in [-0.15, -0.1) is 0 Å². The maximum absolute atomic E-state index is 10.9. The van der Waals surface area contributed by atoms with Crippen molar-refractivity contribution in [3.63, 3.8) is 0 Å². The van der Waals surface area contributed by atoms with Gasteiger partial charge in [-0.25, -0.2) is 4.79 Å². The predicted octanol–water partition coefficient (Wildman–Crippen LogP) is 0.128. The summed E-state index contributed by atoms with van der Waals surface area (Å²) < 4.78 is 4.78. The summed E-state index contributed by atoms with van der Waals surface area (Å²) in [5.74, 6) is -0.557. The third kappa shape index (κ3) is 6.70. The number of aliphatic carboxylic acids is 1. The number of aliphatic imine (C=N–C) groups is 1. The second-order valence-corrected chi connectivity index (χ2v) is 3.85. The summed E-state index contributed by atoms with van der Waals surface area (Å²) in [6.07, 6.45) is 4.69. The SMILES string of the molecule is COCC(N)(/C=C/CCCN=C(C)N)C(=O)O. The van der Waals surface area contributed by atoms with Gasteiger partial charge in [0.05, 0.1) is 12.4 Å². The molecule has 0 aromatic carbocycles. The Balaban J connectivity index is 4.11. The molecule has 0 radical (unpaired) electrons. The zero-order valence-corrected chi connectivity index (χ0v) is 10.3. The molecule has 0 saturated carbocycles. The number of ether oxygens (including phenoxy) is 1. The van der Waals surface area contributed by atoms with Gasteiger partial charge in [-0.1, -0.05) is 12.2 Å². The number of methoxy groups -OCH3 is 1. The Labute approximate surface area is 101 Å². The Morgan fingerprint density at radius 1 is 1.59 bits per heavy atom. The molecule has 0 aromatic rings. The number of nitrogens with two attached hydrogens (primary N) is 2. The molecule has 0 rings (SSSR count). The molecule has 98 valence electrons. The lowest BCUT2D eigenvalue weighted by Crippen LogP contribution is -2.50. The fraction of sp³-hybridized carbons (Fsp3) is 0.636. The zero-order chi connectivity index (χ0) is 13.3. The van der Waals surface area contributed by atoms with E-state index >= 15 is 0 Å². The molecule has 0 bridgehead atoms. The van der Waals surface area contributed by atoms with E-state index in [0.29, 0.717) is 18.8 Å². The van der Waals surface area contributed by atoms with Crippen molar-refractivity contribution >= 4 is 11.8 Å². The highest BCUT2D eigenvalue weighted by Crippen LogP contribution is 2.05. The molecule has 0 amide bonds. The molecule has 1 atom stereocenters. The lowest BCUT2D eigenvalue weighted by atomic mass is 10.0. The number of carboxylic acids is 1. The fourth-order valence-electron chi connectivity index (χ4n) is 1.18. The van der Waals surface area contributed by atoms with E-state index in [1.54, 1.807) is 13.0 Å². The first-order chi connectivity index (χ1) is 7.92. The summed E-state index contributed by atoms with van der Waals surface area (Å²) >= 11 is 0. The van der Waals surface area contributed by atoms with Crippen molar-refractivity contribution in [2.24, 2.45) is 16.5 Å². The number of hydrogen-bond acceptors (Lipinski definition) is 4. The van der Waals surface area contributed by atoms with Crippen LogP contribution in [0.4, 0.5) is 0 Å². The minimum Gasteiger partial charge on any atom is -0.480 e. The molecule has 0 saturated heterocycles. The van der Waals surface area contributed by atoms with Crippen molar-refractivity contribution in [1.82, 2.24) is 0 Å². The average Bonchev–Trinajstić information content (AvgIpc) is 2.23. The maximum Gasteiger partial charge on any atom is 0.330 e. The quantitative estimate of drug-likeness (QED) is 0.243. The van der Waals surface area contributed by atoms with Gasteiger partial charge in [-0.3, -0.25) is 4.99 Å². The number of carboxylic acid groups (broad SMARTS) is 1. The van der Waals surface area contributed by atoms with Gasteiger partial charge >= 0.3 is 5.97 Å². The number of carbonyl (C=O) groups is 1. The van der Waals surface area contributed by atoms with Crippen molar-refractivity contribution in [1.29, 1.82) is 0 Å². The molecular formula is C11H21N3O3. The molecule has 0 fully saturated rings. The van der Waals surface area contributed by atoms with E-state index in [4.69, 9.17) is 21.3 Å². The van der Waals surface area contributed by atoms with Crippen LogP contribution in [0.5, 0.6) is 0 Å². The van der Waals surface area contributed by atoms with E-state index in [9.17, 15) is 4.79 Å². The normalized spacial score (nSPS) is 16.1. The molecule has 17 heavy (non-hydrogen) atoms. The first-order valence-electron chi connectivity index (χ1n) is 5.38. The Morgan fingerprint density at radius 2 is 2.24 bits per heavy atom. The largest absolute Gasteiger partial charge is 0.480 e. The standard InChI is InChI=1S/C11H21N3O3/c1-9(12)14-7-5-3-4-6-11(13,8-17-2)10(15)16/h4,6H,3,5,7-8,13H2,1-2H3,(H2,12,14)(H,15,16)/b6-4+. The van der Waals surface area contributed by atoms with Crippen LogP contribution in [0.15, 0.2) is 17.1 Å². The molecule has 0 aromatic heterocycles. The van der Waals surface area contributed by atoms with E-state index < -0.39 is 11.5 Å². The Morgan fingerprint density at radius 3 is 2.71 bits per heavy atom. The Hall–Kier alpha value is -1.40. The topological polar surface area (TPSA) is 111 Å². The summed E-state index contributed by atoms with van der Waals surface area (Å²) in [4.78, 5) is 14.9.